The Morgan fingerprint density at radius 3 is 2.67 bits per heavy atom. The summed E-state index contributed by atoms with van der Waals surface area (Å²) in [4.78, 5) is 9.46. The molecule has 9 heteroatoms. The smallest absolute Gasteiger partial charge is 0.170 e. The number of benzene rings is 1. The minimum absolute atomic E-state index is 0.00132. The van der Waals surface area contributed by atoms with E-state index in [0.29, 0.717) is 5.02 Å². The van der Waals surface area contributed by atoms with Gasteiger partial charge in [-0.05, 0) is 68.0 Å². The monoisotopic (exact) mass is 525 g/mol. The molecule has 0 aliphatic carbocycles. The Morgan fingerprint density at radius 1 is 1.14 bits per heavy atom. The molecule has 0 spiro atoms. The molecular formula is C27H32ClN5O2S. The Bertz CT molecular complexity index is 1230. The number of pyridine rings is 1. The molecule has 0 unspecified atom stereocenters. The molecule has 2 aliphatic rings. The number of thiocarbonyl (C=S) groups is 1. The van der Waals surface area contributed by atoms with Gasteiger partial charge in [-0.15, -0.1) is 0 Å². The van der Waals surface area contributed by atoms with E-state index in [0.717, 1.165) is 73.0 Å². The van der Waals surface area contributed by atoms with E-state index in [4.69, 9.17) is 38.3 Å². The highest BCUT2D eigenvalue weighted by atomic mass is 35.5. The standard InChI is InChI=1S/C27H32ClN5O2S/c1-18-16-21(19(2)33(18)23-17-20(28)7-8-24(23)34-3)26-25(22-6-4-5-9-29-22)30-27(36)32(26)11-10-31-12-14-35-15-13-31/h4-9,16-17,25-26H,10-15H2,1-3H3,(H,30,36)/t25-,26+/m1/s1. The molecule has 4 heterocycles. The third kappa shape index (κ3) is 4.83. The Kier molecular flexibility index (Phi) is 7.48. The third-order valence-electron chi connectivity index (χ3n) is 7.13. The summed E-state index contributed by atoms with van der Waals surface area (Å²) in [5.41, 5.74) is 5.34. The van der Waals surface area contributed by atoms with Crippen molar-refractivity contribution in [2.45, 2.75) is 25.9 Å². The molecule has 1 N–H and O–H groups in total. The van der Waals surface area contributed by atoms with Crippen molar-refractivity contribution < 1.29 is 9.47 Å². The molecule has 5 rings (SSSR count). The molecule has 2 atom stereocenters. The number of ether oxygens (including phenoxy) is 2. The lowest BCUT2D eigenvalue weighted by Crippen LogP contribution is -2.42. The highest BCUT2D eigenvalue weighted by molar-refractivity contribution is 7.80. The van der Waals surface area contributed by atoms with Crippen LogP contribution in [0.25, 0.3) is 5.69 Å². The van der Waals surface area contributed by atoms with Gasteiger partial charge in [0.1, 0.15) is 5.75 Å². The molecule has 3 aromatic rings. The summed E-state index contributed by atoms with van der Waals surface area (Å²) in [5.74, 6) is 0.776. The van der Waals surface area contributed by atoms with Gasteiger partial charge in [-0.25, -0.2) is 0 Å². The summed E-state index contributed by atoms with van der Waals surface area (Å²) in [6.07, 6.45) is 1.84. The number of nitrogens with zero attached hydrogens (tertiary/aromatic N) is 4. The number of methoxy groups -OCH3 is 1. The highest BCUT2D eigenvalue weighted by Crippen LogP contribution is 2.42. The maximum atomic E-state index is 6.40. The number of rotatable bonds is 7. The first-order chi connectivity index (χ1) is 17.5. The second-order valence-corrected chi connectivity index (χ2v) is 10.1. The first-order valence-corrected chi connectivity index (χ1v) is 13.1. The molecule has 190 valence electrons. The van der Waals surface area contributed by atoms with E-state index in [9.17, 15) is 0 Å². The minimum atomic E-state index is -0.0569. The first-order valence-electron chi connectivity index (χ1n) is 12.3. The van der Waals surface area contributed by atoms with Crippen molar-refractivity contribution >= 4 is 28.9 Å². The Morgan fingerprint density at radius 2 is 1.94 bits per heavy atom. The van der Waals surface area contributed by atoms with E-state index in [1.165, 1.54) is 5.56 Å². The quantitative estimate of drug-likeness (QED) is 0.457. The summed E-state index contributed by atoms with van der Waals surface area (Å²) >= 11 is 12.3. The van der Waals surface area contributed by atoms with Gasteiger partial charge in [-0.1, -0.05) is 17.7 Å². The predicted octanol–water partition coefficient (Wildman–Crippen LogP) is 4.46. The van der Waals surface area contributed by atoms with Crippen LogP contribution >= 0.6 is 23.8 Å². The molecule has 0 amide bonds. The van der Waals surface area contributed by atoms with Crippen LogP contribution in [0.4, 0.5) is 0 Å². The Labute approximate surface area is 223 Å². The largest absolute Gasteiger partial charge is 0.495 e. The van der Waals surface area contributed by atoms with Crippen molar-refractivity contribution in [1.29, 1.82) is 0 Å². The van der Waals surface area contributed by atoms with Gasteiger partial charge in [0.2, 0.25) is 0 Å². The van der Waals surface area contributed by atoms with Crippen molar-refractivity contribution in [2.75, 3.05) is 46.5 Å². The SMILES string of the molecule is COc1ccc(Cl)cc1-n1c(C)cc([C@H]2[C@@H](c3ccccn3)NC(=S)N2CCN2CCOCC2)c1C. The summed E-state index contributed by atoms with van der Waals surface area (Å²) in [7, 11) is 1.69. The second kappa shape index (κ2) is 10.8. The Hall–Kier alpha value is -2.65. The molecule has 2 saturated heterocycles. The molecule has 0 bridgehead atoms. The lowest BCUT2D eigenvalue weighted by Gasteiger charge is -2.32. The maximum absolute atomic E-state index is 6.40. The molecule has 0 radical (unpaired) electrons. The summed E-state index contributed by atoms with van der Waals surface area (Å²) in [6, 6.07) is 14.0. The van der Waals surface area contributed by atoms with Crippen LogP contribution < -0.4 is 10.1 Å². The van der Waals surface area contributed by atoms with E-state index < -0.39 is 0 Å². The van der Waals surface area contributed by atoms with Gasteiger partial charge in [-0.3, -0.25) is 9.88 Å². The van der Waals surface area contributed by atoms with Gasteiger partial charge in [0.05, 0.1) is 43.8 Å². The molecule has 2 aliphatic heterocycles. The van der Waals surface area contributed by atoms with Gasteiger partial charge >= 0.3 is 0 Å². The fraction of sp³-hybridized carbons (Fsp3) is 0.407. The molecular weight excluding hydrogens is 494 g/mol. The third-order valence-corrected chi connectivity index (χ3v) is 7.72. The topological polar surface area (TPSA) is 54.8 Å². The Balaban J connectivity index is 1.55. The van der Waals surface area contributed by atoms with Crippen LogP contribution in [-0.4, -0.2) is 71.0 Å². The van der Waals surface area contributed by atoms with Crippen LogP contribution in [0.1, 0.15) is 34.7 Å². The van der Waals surface area contributed by atoms with Crippen molar-refractivity contribution in [1.82, 2.24) is 24.7 Å². The van der Waals surface area contributed by atoms with Gasteiger partial charge in [-0.2, -0.15) is 0 Å². The molecule has 36 heavy (non-hydrogen) atoms. The fourth-order valence-corrected chi connectivity index (χ4v) is 5.85. The lowest BCUT2D eigenvalue weighted by atomic mass is 9.96. The zero-order chi connectivity index (χ0) is 25.2. The zero-order valence-electron chi connectivity index (χ0n) is 20.9. The maximum Gasteiger partial charge on any atom is 0.170 e. The fourth-order valence-electron chi connectivity index (χ4n) is 5.35. The van der Waals surface area contributed by atoms with Crippen LogP contribution in [0.3, 0.4) is 0 Å². The van der Waals surface area contributed by atoms with Crippen LogP contribution in [-0.2, 0) is 4.74 Å². The van der Waals surface area contributed by atoms with E-state index in [1.807, 2.05) is 36.5 Å². The van der Waals surface area contributed by atoms with Crippen LogP contribution in [0.5, 0.6) is 5.75 Å². The van der Waals surface area contributed by atoms with Crippen molar-refractivity contribution in [2.24, 2.45) is 0 Å². The normalized spacial score (nSPS) is 20.6. The molecule has 7 nitrogen and oxygen atoms in total. The van der Waals surface area contributed by atoms with Crippen LogP contribution in [0, 0.1) is 13.8 Å². The van der Waals surface area contributed by atoms with E-state index in [-0.39, 0.29) is 12.1 Å². The van der Waals surface area contributed by atoms with Gasteiger partial charge < -0.3 is 24.3 Å². The predicted molar refractivity (Wildman–Crippen MR) is 146 cm³/mol. The average Bonchev–Trinajstić information content (AvgIpc) is 3.38. The number of halogens is 1. The number of nitrogens with one attached hydrogen (secondary N) is 1. The summed E-state index contributed by atoms with van der Waals surface area (Å²) in [6.45, 7) is 9.49. The molecule has 2 fully saturated rings. The average molecular weight is 526 g/mol. The summed E-state index contributed by atoms with van der Waals surface area (Å²) < 4.78 is 13.4. The molecule has 0 saturated carbocycles. The number of hydrogen-bond donors (Lipinski definition) is 1. The van der Waals surface area contributed by atoms with E-state index >= 15 is 0 Å². The van der Waals surface area contributed by atoms with Crippen molar-refractivity contribution in [3.8, 4) is 11.4 Å². The minimum Gasteiger partial charge on any atom is -0.495 e. The first kappa shape index (κ1) is 25.0. The number of aryl methyl sites for hydroxylation is 1. The molecule has 1 aromatic carbocycles. The lowest BCUT2D eigenvalue weighted by molar-refractivity contribution is 0.0350. The number of aromatic nitrogens is 2. The van der Waals surface area contributed by atoms with Gasteiger partial charge in [0, 0.05) is 48.8 Å². The zero-order valence-corrected chi connectivity index (χ0v) is 22.5. The van der Waals surface area contributed by atoms with Gasteiger partial charge in [0.25, 0.3) is 0 Å². The van der Waals surface area contributed by atoms with Crippen LogP contribution in [0.15, 0.2) is 48.7 Å². The van der Waals surface area contributed by atoms with Crippen molar-refractivity contribution in [3.63, 3.8) is 0 Å². The number of morpholine rings is 1. The molecule has 2 aromatic heterocycles. The van der Waals surface area contributed by atoms with E-state index in [2.05, 4.69) is 45.7 Å². The highest BCUT2D eigenvalue weighted by Gasteiger charge is 2.41. The second-order valence-electron chi connectivity index (χ2n) is 9.25. The summed E-state index contributed by atoms with van der Waals surface area (Å²) in [5, 5.41) is 5.01. The number of hydrogen-bond acceptors (Lipinski definition) is 5. The van der Waals surface area contributed by atoms with Crippen LogP contribution in [0.2, 0.25) is 5.02 Å². The van der Waals surface area contributed by atoms with Gasteiger partial charge in [0.15, 0.2) is 5.11 Å². The van der Waals surface area contributed by atoms with E-state index in [1.54, 1.807) is 7.11 Å². The van der Waals surface area contributed by atoms with Crippen molar-refractivity contribution in [3.05, 3.63) is 76.3 Å².